The van der Waals surface area contributed by atoms with Crippen LogP contribution in [0.15, 0.2) is 219 Å². The molecule has 0 aliphatic rings. The van der Waals surface area contributed by atoms with Crippen molar-refractivity contribution in [2.24, 2.45) is 0 Å². The zero-order valence-corrected chi connectivity index (χ0v) is 61.9. The van der Waals surface area contributed by atoms with Crippen molar-refractivity contribution in [1.29, 1.82) is 0 Å². The van der Waals surface area contributed by atoms with Crippen LogP contribution in [0.2, 0.25) is 0 Å². The molecule has 0 saturated carbocycles. The van der Waals surface area contributed by atoms with E-state index in [0.29, 0.717) is 17.4 Å². The number of carboxylic acid groups (broad SMARTS) is 1. The highest BCUT2D eigenvalue weighted by Crippen LogP contribution is 2.15. The number of quaternary nitrogens is 1. The molecule has 0 heterocycles. The van der Waals surface area contributed by atoms with Crippen LogP contribution in [0.25, 0.3) is 0 Å². The molecule has 0 rings (SSSR count). The Bertz CT molecular complexity index is 2400. The highest BCUT2D eigenvalue weighted by Gasteiger charge is 2.22. The van der Waals surface area contributed by atoms with Gasteiger partial charge in [-0.05, 0) is 154 Å². The van der Waals surface area contributed by atoms with E-state index in [0.717, 1.165) is 186 Å². The second-order valence-corrected chi connectivity index (χ2v) is 25.5. The quantitative estimate of drug-likeness (QED) is 0.0195. The molecule has 0 amide bonds. The molecule has 542 valence electrons. The molecule has 0 fully saturated rings. The topological polar surface area (TPSA) is 111 Å². The van der Waals surface area contributed by atoms with Gasteiger partial charge in [-0.25, -0.2) is 0 Å². The highest BCUT2D eigenvalue weighted by molar-refractivity contribution is 5.70. The van der Waals surface area contributed by atoms with E-state index in [1.165, 1.54) is 38.5 Å². The number of carbonyl (C=O) groups is 3. The molecule has 0 bridgehead atoms. The largest absolute Gasteiger partial charge is 0.545 e. The summed E-state index contributed by atoms with van der Waals surface area (Å²) in [7, 11) is 5.91. The van der Waals surface area contributed by atoms with Crippen LogP contribution in [0.1, 0.15) is 258 Å². The summed E-state index contributed by atoms with van der Waals surface area (Å²) in [5.74, 6) is -2.33. The minimum Gasteiger partial charge on any atom is -0.545 e. The van der Waals surface area contributed by atoms with E-state index >= 15 is 0 Å². The summed E-state index contributed by atoms with van der Waals surface area (Å²) < 4.78 is 22.8. The van der Waals surface area contributed by atoms with E-state index < -0.39 is 24.3 Å². The molecular formula is C88H137NO8. The van der Waals surface area contributed by atoms with E-state index in [4.69, 9.17) is 18.9 Å². The Kier molecular flexibility index (Phi) is 70.4. The van der Waals surface area contributed by atoms with Gasteiger partial charge >= 0.3 is 11.9 Å². The van der Waals surface area contributed by atoms with E-state index in [9.17, 15) is 19.5 Å². The molecule has 2 unspecified atom stereocenters. The molecule has 0 aromatic carbocycles. The van der Waals surface area contributed by atoms with E-state index in [-0.39, 0.29) is 38.6 Å². The normalized spacial score (nSPS) is 13.9. The number of rotatable bonds is 67. The molecule has 0 spiro atoms. The van der Waals surface area contributed by atoms with Crippen molar-refractivity contribution in [2.75, 3.05) is 47.5 Å². The van der Waals surface area contributed by atoms with Crippen LogP contribution in [0.3, 0.4) is 0 Å². The predicted molar refractivity (Wildman–Crippen MR) is 416 cm³/mol. The first-order chi connectivity index (χ1) is 47.6. The number of ether oxygens (including phenoxy) is 4. The number of hydrogen-bond donors (Lipinski definition) is 0. The first-order valence-electron chi connectivity index (χ1n) is 37.9. The summed E-state index contributed by atoms with van der Waals surface area (Å²) in [5.41, 5.74) is 0. The lowest BCUT2D eigenvalue weighted by Crippen LogP contribution is -2.44. The number of likely N-dealkylation sites (N-methyl/N-ethyl adjacent to an activating group) is 1. The lowest BCUT2D eigenvalue weighted by molar-refractivity contribution is -0.870. The van der Waals surface area contributed by atoms with Gasteiger partial charge in [0.25, 0.3) is 0 Å². The van der Waals surface area contributed by atoms with Crippen LogP contribution in [0, 0.1) is 0 Å². The number of aliphatic carboxylic acids is 1. The van der Waals surface area contributed by atoms with Gasteiger partial charge in [-0.15, -0.1) is 0 Å². The Morgan fingerprint density at radius 1 is 0.309 bits per heavy atom. The van der Waals surface area contributed by atoms with Gasteiger partial charge in [0.1, 0.15) is 13.2 Å². The molecular weight excluding hydrogens is 1200 g/mol. The van der Waals surface area contributed by atoms with Crippen LogP contribution >= 0.6 is 0 Å². The van der Waals surface area contributed by atoms with Gasteiger partial charge in [-0.2, -0.15) is 0 Å². The Morgan fingerprint density at radius 3 is 0.825 bits per heavy atom. The first-order valence-corrected chi connectivity index (χ1v) is 37.9. The number of carboxylic acids is 1. The fraction of sp³-hybridized carbons (Fsp3) is 0.557. The first kappa shape index (κ1) is 90.6. The van der Waals surface area contributed by atoms with Gasteiger partial charge in [-0.3, -0.25) is 9.59 Å². The maximum atomic E-state index is 13.0. The van der Waals surface area contributed by atoms with Gasteiger partial charge in [-0.1, -0.05) is 310 Å². The molecule has 0 radical (unpaired) electrons. The molecule has 97 heavy (non-hydrogen) atoms. The number of carbonyl (C=O) groups excluding carboxylic acids is 3. The smallest absolute Gasteiger partial charge is 0.306 e. The van der Waals surface area contributed by atoms with Gasteiger partial charge < -0.3 is 33.3 Å². The Hall–Kier alpha value is -6.39. The summed E-state index contributed by atoms with van der Waals surface area (Å²) >= 11 is 0. The molecule has 0 saturated heterocycles. The molecule has 9 nitrogen and oxygen atoms in total. The van der Waals surface area contributed by atoms with E-state index in [2.05, 4.69) is 233 Å². The summed E-state index contributed by atoms with van der Waals surface area (Å²) in [6.07, 6.45) is 116. The fourth-order valence-electron chi connectivity index (χ4n) is 9.52. The van der Waals surface area contributed by atoms with E-state index in [1.54, 1.807) is 0 Å². The van der Waals surface area contributed by atoms with Crippen molar-refractivity contribution >= 4 is 17.9 Å². The third kappa shape index (κ3) is 76.8. The molecule has 2 atom stereocenters. The summed E-state index contributed by atoms with van der Waals surface area (Å²) in [6, 6.07) is 0. The van der Waals surface area contributed by atoms with Gasteiger partial charge in [0.2, 0.25) is 0 Å². The molecule has 0 aliphatic heterocycles. The van der Waals surface area contributed by atoms with Crippen LogP contribution in [0.5, 0.6) is 0 Å². The predicted octanol–water partition coefficient (Wildman–Crippen LogP) is 23.1. The molecule has 0 N–H and O–H groups in total. The third-order valence-electron chi connectivity index (χ3n) is 15.2. The van der Waals surface area contributed by atoms with Gasteiger partial charge in [0.05, 0.1) is 40.3 Å². The molecule has 0 aromatic rings. The standard InChI is InChI=1S/C88H137NO8/c1-6-8-10-12-14-16-18-20-22-24-26-28-30-32-34-36-38-40-42-43-45-47-49-51-53-55-57-59-61-63-65-67-69-71-73-75-77-79-86(91)97-84(83-96-88(87(92)93)94-81-80-89(3,4)5)82-95-85(90)78-76-74-72-70-68-66-64-62-60-58-56-54-52-50-48-46-44-41-39-37-35-33-31-29-27-25-23-21-19-17-15-13-11-9-7-2/h8-11,14-17,20-23,26-29,32-35,38-41,43,45-46,48-49,51-52,54-55,57,61,63,84,88H,6-7,12-13,18-19,24-25,30-31,36-37,42,44,47,50,53,56,58-60,62,64-83H2,1-5H3/b10-8-,11-9-,16-14-,17-15-,22-20-,23-21-,28-26-,29-27-,34-32-,35-33-,40-38-,41-39-,45-43-,48-46-,51-49-,54-52-,57-55-,63-61-. The number of nitrogens with zero attached hydrogens (tertiary/aromatic N) is 1. The average molecular weight is 1340 g/mol. The Morgan fingerprint density at radius 2 is 0.557 bits per heavy atom. The van der Waals surface area contributed by atoms with Gasteiger partial charge in [0, 0.05) is 12.8 Å². The minimum atomic E-state index is -1.64. The SMILES string of the molecule is CC/C=C\C/C=C\C/C=C\C/C=C\C/C=C\C/C=C\C/C=C\C/C=C\C/C=C\C/C=C\CCCCCCCCC(=O)OC(COC(=O)CCCCCCCCCCCC/C=C\C/C=C\C/C=C\C/C=C\C/C=C\C/C=C\C/C=C\C/C=C\CC)COC(OCC[N+](C)(C)C)C(=O)[O-]. The second kappa shape index (κ2) is 75.4. The van der Waals surface area contributed by atoms with Gasteiger partial charge in [0.15, 0.2) is 12.4 Å². The summed E-state index contributed by atoms with van der Waals surface area (Å²) in [5, 5.41) is 11.9. The number of esters is 2. The van der Waals surface area contributed by atoms with Crippen molar-refractivity contribution in [1.82, 2.24) is 0 Å². The number of hydrogen-bond acceptors (Lipinski definition) is 8. The molecule has 0 aliphatic carbocycles. The maximum Gasteiger partial charge on any atom is 0.306 e. The maximum absolute atomic E-state index is 13.0. The van der Waals surface area contributed by atoms with Crippen molar-refractivity contribution in [2.45, 2.75) is 270 Å². The zero-order chi connectivity index (χ0) is 70.4. The Balaban J connectivity index is 4.22. The summed E-state index contributed by atoms with van der Waals surface area (Å²) in [4.78, 5) is 37.6. The average Bonchev–Trinajstić information content (AvgIpc) is 3.11. The zero-order valence-electron chi connectivity index (χ0n) is 61.9. The van der Waals surface area contributed by atoms with Crippen molar-refractivity contribution in [3.8, 4) is 0 Å². The van der Waals surface area contributed by atoms with Crippen molar-refractivity contribution in [3.63, 3.8) is 0 Å². The monoisotopic (exact) mass is 1340 g/mol. The second-order valence-electron chi connectivity index (χ2n) is 25.5. The Labute approximate surface area is 594 Å². The van der Waals surface area contributed by atoms with Crippen molar-refractivity contribution in [3.05, 3.63) is 219 Å². The van der Waals surface area contributed by atoms with E-state index in [1.807, 2.05) is 21.1 Å². The summed E-state index contributed by atoms with van der Waals surface area (Å²) in [6.45, 7) is 4.47. The van der Waals surface area contributed by atoms with Crippen molar-refractivity contribution < 1.29 is 42.9 Å². The number of unbranched alkanes of at least 4 members (excludes halogenated alkanes) is 16. The van der Waals surface area contributed by atoms with Crippen LogP contribution < -0.4 is 5.11 Å². The van der Waals surface area contributed by atoms with Crippen LogP contribution in [0.4, 0.5) is 0 Å². The number of allylic oxidation sites excluding steroid dienone is 36. The third-order valence-corrected chi connectivity index (χ3v) is 15.2. The lowest BCUT2D eigenvalue weighted by atomic mass is 10.1. The molecule has 9 heteroatoms. The van der Waals surface area contributed by atoms with Crippen LogP contribution in [-0.4, -0.2) is 82.3 Å². The minimum absolute atomic E-state index is 0.132. The fourth-order valence-corrected chi connectivity index (χ4v) is 9.52. The molecule has 0 aromatic heterocycles. The van der Waals surface area contributed by atoms with Crippen LogP contribution in [-0.2, 0) is 33.3 Å². The highest BCUT2D eigenvalue weighted by atomic mass is 16.7. The lowest BCUT2D eigenvalue weighted by Gasteiger charge is -2.26.